The van der Waals surface area contributed by atoms with Gasteiger partial charge in [0.15, 0.2) is 16.3 Å². The lowest BCUT2D eigenvalue weighted by Gasteiger charge is -2.06. The number of ether oxygens (including phenoxy) is 2. The maximum absolute atomic E-state index is 13.2. The van der Waals surface area contributed by atoms with Crippen LogP contribution in [0.4, 0.5) is 13.6 Å². The topological polar surface area (TPSA) is 76.3 Å². The Morgan fingerprint density at radius 3 is 2.68 bits per heavy atom. The highest BCUT2D eigenvalue weighted by Crippen LogP contribution is 2.41. The highest BCUT2D eigenvalue weighted by molar-refractivity contribution is 7.09. The van der Waals surface area contributed by atoms with Gasteiger partial charge in [-0.05, 0) is 19.1 Å². The minimum absolute atomic E-state index is 0.0804. The summed E-state index contributed by atoms with van der Waals surface area (Å²) in [5, 5.41) is 9.79. The summed E-state index contributed by atoms with van der Waals surface area (Å²) in [7, 11) is 3.12. The molecule has 1 aromatic heterocycles. The van der Waals surface area contributed by atoms with E-state index in [1.165, 1.54) is 27.7 Å². The molecular weight excluding hydrogens is 356 g/mol. The molecule has 0 fully saturated rings. The van der Waals surface area contributed by atoms with Crippen LogP contribution in [0.15, 0.2) is 29.4 Å². The van der Waals surface area contributed by atoms with E-state index in [1.54, 1.807) is 27.2 Å². The Bertz CT molecular complexity index is 889. The Kier molecular flexibility index (Phi) is 4.25. The van der Waals surface area contributed by atoms with Gasteiger partial charge in [0.1, 0.15) is 0 Å². The van der Waals surface area contributed by atoms with Crippen molar-refractivity contribution >= 4 is 17.4 Å². The third-order valence-electron chi connectivity index (χ3n) is 3.32. The van der Waals surface area contributed by atoms with Crippen LogP contribution in [0, 0.1) is 0 Å². The van der Waals surface area contributed by atoms with Gasteiger partial charge in [0.25, 0.3) is 0 Å². The van der Waals surface area contributed by atoms with Crippen molar-refractivity contribution in [2.75, 3.05) is 14.1 Å². The van der Waals surface area contributed by atoms with Gasteiger partial charge in [0, 0.05) is 26.4 Å². The molecule has 134 valence electrons. The Balaban J connectivity index is 2.10. The number of hydrogen-bond acceptors (Lipinski definition) is 5. The standard InChI is InChI=1S/C15H15F2N3O4S/c1-8(21)12-7-20(14(25-12)18-13(22)19(2)3)9-4-5-10-11(6-9)24-15(16,17)23-10/h4-8,21H,1-3H3/b18-14-. The van der Waals surface area contributed by atoms with E-state index in [-0.39, 0.29) is 11.5 Å². The minimum atomic E-state index is -3.71. The number of nitrogens with zero attached hydrogens (tertiary/aromatic N) is 3. The molecule has 1 aromatic carbocycles. The summed E-state index contributed by atoms with van der Waals surface area (Å²) in [5.74, 6) is -0.201. The van der Waals surface area contributed by atoms with E-state index in [2.05, 4.69) is 14.5 Å². The van der Waals surface area contributed by atoms with Gasteiger partial charge in [-0.25, -0.2) is 4.79 Å². The van der Waals surface area contributed by atoms with Crippen LogP contribution >= 0.6 is 11.3 Å². The molecule has 2 amide bonds. The Morgan fingerprint density at radius 2 is 2.04 bits per heavy atom. The number of fused-ring (bicyclic) bond motifs is 1. The summed E-state index contributed by atoms with van der Waals surface area (Å²) in [6, 6.07) is 3.74. The van der Waals surface area contributed by atoms with Crippen molar-refractivity contribution in [1.29, 1.82) is 0 Å². The van der Waals surface area contributed by atoms with Gasteiger partial charge in [0.05, 0.1) is 16.7 Å². The van der Waals surface area contributed by atoms with Crippen LogP contribution in [0.3, 0.4) is 0 Å². The molecule has 0 saturated carbocycles. The number of benzene rings is 1. The number of alkyl halides is 2. The van der Waals surface area contributed by atoms with Gasteiger partial charge in [-0.2, -0.15) is 4.99 Å². The molecule has 3 rings (SSSR count). The number of urea groups is 1. The lowest BCUT2D eigenvalue weighted by molar-refractivity contribution is -0.286. The third-order valence-corrected chi connectivity index (χ3v) is 4.47. The van der Waals surface area contributed by atoms with E-state index in [0.29, 0.717) is 15.4 Å². The Morgan fingerprint density at radius 1 is 1.36 bits per heavy atom. The van der Waals surface area contributed by atoms with E-state index >= 15 is 0 Å². The normalized spacial score (nSPS) is 16.8. The van der Waals surface area contributed by atoms with Crippen LogP contribution < -0.4 is 14.3 Å². The van der Waals surface area contributed by atoms with Gasteiger partial charge in [-0.1, -0.05) is 11.3 Å². The fourth-order valence-electron chi connectivity index (χ4n) is 2.09. The number of rotatable bonds is 2. The first-order chi connectivity index (χ1) is 11.7. The number of aliphatic hydroxyl groups is 1. The molecule has 1 N–H and O–H groups in total. The Labute approximate surface area is 145 Å². The van der Waals surface area contributed by atoms with Crippen molar-refractivity contribution in [2.24, 2.45) is 4.99 Å². The molecule has 0 bridgehead atoms. The summed E-state index contributed by atoms with van der Waals surface area (Å²) in [5.41, 5.74) is 0.438. The number of hydrogen-bond donors (Lipinski definition) is 1. The smallest absolute Gasteiger partial charge is 0.395 e. The van der Waals surface area contributed by atoms with Crippen molar-refractivity contribution in [3.05, 3.63) is 34.1 Å². The van der Waals surface area contributed by atoms with Crippen LogP contribution in [0.1, 0.15) is 17.9 Å². The molecular formula is C15H15F2N3O4S. The van der Waals surface area contributed by atoms with Crippen LogP contribution in [-0.2, 0) is 0 Å². The van der Waals surface area contributed by atoms with Crippen LogP contribution in [0.2, 0.25) is 0 Å². The van der Waals surface area contributed by atoms with Gasteiger partial charge in [0.2, 0.25) is 0 Å². The summed E-state index contributed by atoms with van der Waals surface area (Å²) < 4.78 is 36.7. The zero-order valence-electron chi connectivity index (χ0n) is 13.6. The second-order valence-electron chi connectivity index (χ2n) is 5.55. The molecule has 2 heterocycles. The predicted octanol–water partition coefficient (Wildman–Crippen LogP) is 2.50. The van der Waals surface area contributed by atoms with Crippen molar-refractivity contribution < 1.29 is 28.2 Å². The van der Waals surface area contributed by atoms with Crippen molar-refractivity contribution in [3.63, 3.8) is 0 Å². The molecule has 2 aromatic rings. The number of aliphatic hydroxyl groups excluding tert-OH is 1. The summed E-state index contributed by atoms with van der Waals surface area (Å²) in [4.78, 5) is 18.0. The average molecular weight is 371 g/mol. The van der Waals surface area contributed by atoms with Gasteiger partial charge < -0.3 is 19.5 Å². The van der Waals surface area contributed by atoms with E-state index < -0.39 is 18.4 Å². The zero-order valence-corrected chi connectivity index (χ0v) is 14.4. The largest absolute Gasteiger partial charge is 0.586 e. The summed E-state index contributed by atoms with van der Waals surface area (Å²) in [6.45, 7) is 1.58. The number of carbonyl (C=O) groups is 1. The van der Waals surface area contributed by atoms with E-state index in [1.807, 2.05) is 0 Å². The number of amides is 2. The molecule has 1 aliphatic rings. The van der Waals surface area contributed by atoms with Gasteiger partial charge in [-0.3, -0.25) is 4.57 Å². The molecule has 0 aliphatic carbocycles. The number of aromatic nitrogens is 1. The fourth-order valence-corrected chi connectivity index (χ4v) is 3.01. The summed E-state index contributed by atoms with van der Waals surface area (Å²) >= 11 is 1.12. The molecule has 1 aliphatic heterocycles. The molecule has 0 radical (unpaired) electrons. The first kappa shape index (κ1) is 17.4. The van der Waals surface area contributed by atoms with Crippen LogP contribution in [0.5, 0.6) is 11.5 Å². The molecule has 7 nitrogen and oxygen atoms in total. The van der Waals surface area contributed by atoms with Gasteiger partial charge >= 0.3 is 12.3 Å². The maximum Gasteiger partial charge on any atom is 0.586 e. The van der Waals surface area contributed by atoms with E-state index in [0.717, 1.165) is 11.3 Å². The van der Waals surface area contributed by atoms with Crippen LogP contribution in [-0.4, -0.2) is 41.0 Å². The first-order valence-corrected chi connectivity index (χ1v) is 8.04. The lowest BCUT2D eigenvalue weighted by Crippen LogP contribution is -2.26. The molecule has 10 heteroatoms. The van der Waals surface area contributed by atoms with Crippen molar-refractivity contribution in [3.8, 4) is 17.2 Å². The number of carbonyl (C=O) groups excluding carboxylic acids is 1. The quantitative estimate of drug-likeness (QED) is 0.880. The Hall–Kier alpha value is -2.46. The average Bonchev–Trinajstić information content (AvgIpc) is 3.05. The molecule has 0 spiro atoms. The summed E-state index contributed by atoms with van der Waals surface area (Å²) in [6.07, 6.45) is -2.89. The van der Waals surface area contributed by atoms with Crippen LogP contribution in [0.25, 0.3) is 5.69 Å². The predicted molar refractivity (Wildman–Crippen MR) is 85.1 cm³/mol. The second kappa shape index (κ2) is 6.12. The second-order valence-corrected chi connectivity index (χ2v) is 6.59. The van der Waals surface area contributed by atoms with Crippen molar-refractivity contribution in [1.82, 2.24) is 9.47 Å². The minimum Gasteiger partial charge on any atom is -0.395 e. The SMILES string of the molecule is CC(O)c1cn(-c2ccc3c(c2)OC(F)(F)O3)/c(=N/C(=O)N(C)C)s1. The third kappa shape index (κ3) is 3.49. The molecule has 0 saturated heterocycles. The molecule has 25 heavy (non-hydrogen) atoms. The molecule has 1 atom stereocenters. The van der Waals surface area contributed by atoms with Crippen molar-refractivity contribution in [2.45, 2.75) is 19.3 Å². The fraction of sp³-hybridized carbons (Fsp3) is 0.333. The monoisotopic (exact) mass is 371 g/mol. The van der Waals surface area contributed by atoms with Gasteiger partial charge in [-0.15, -0.1) is 8.78 Å². The van der Waals surface area contributed by atoms with E-state index in [9.17, 15) is 18.7 Å². The highest BCUT2D eigenvalue weighted by Gasteiger charge is 2.43. The molecule has 1 unspecified atom stereocenters. The zero-order chi connectivity index (χ0) is 18.4. The first-order valence-electron chi connectivity index (χ1n) is 7.23. The van der Waals surface area contributed by atoms with E-state index in [4.69, 9.17) is 0 Å². The lowest BCUT2D eigenvalue weighted by atomic mass is 10.2. The number of halogens is 2. The maximum atomic E-state index is 13.2. The number of thiazole rings is 1. The highest BCUT2D eigenvalue weighted by atomic mass is 32.1.